The summed E-state index contributed by atoms with van der Waals surface area (Å²) in [5.41, 5.74) is 0.124. The fourth-order valence-electron chi connectivity index (χ4n) is 2.01. The van der Waals surface area contributed by atoms with Crippen LogP contribution in [0, 0.1) is 0 Å². The van der Waals surface area contributed by atoms with Crippen molar-refractivity contribution in [2.24, 2.45) is 0 Å². The molecule has 1 aliphatic heterocycles. The number of rotatable bonds is 2. The second kappa shape index (κ2) is 4.83. The van der Waals surface area contributed by atoms with Crippen LogP contribution in [-0.4, -0.2) is 40.0 Å². The molecule has 1 aromatic rings. The smallest absolute Gasteiger partial charge is 0.355 e. The van der Waals surface area contributed by atoms with E-state index < -0.39 is 5.97 Å². The number of nitrogens with zero attached hydrogens (tertiary/aromatic N) is 2. The van der Waals surface area contributed by atoms with Gasteiger partial charge in [-0.25, -0.2) is 9.78 Å². The van der Waals surface area contributed by atoms with Crippen molar-refractivity contribution < 1.29 is 14.7 Å². The number of thiazole rings is 1. The zero-order valence-electron chi connectivity index (χ0n) is 9.55. The van der Waals surface area contributed by atoms with Gasteiger partial charge in [0.05, 0.1) is 5.01 Å². The number of aromatic carboxylic acids is 1. The lowest BCUT2D eigenvalue weighted by Crippen LogP contribution is -2.36. The number of carbonyl (C=O) groups is 2. The molecular formula is C11H14N2O3S. The van der Waals surface area contributed by atoms with Gasteiger partial charge in [-0.15, -0.1) is 11.3 Å². The van der Waals surface area contributed by atoms with Crippen LogP contribution in [0.3, 0.4) is 0 Å². The van der Waals surface area contributed by atoms with Crippen molar-refractivity contribution in [3.05, 3.63) is 16.1 Å². The lowest BCUT2D eigenvalue weighted by molar-refractivity contribution is -0.129. The van der Waals surface area contributed by atoms with E-state index in [0.717, 1.165) is 30.9 Å². The number of piperidine rings is 1. The van der Waals surface area contributed by atoms with Crippen molar-refractivity contribution >= 4 is 23.2 Å². The van der Waals surface area contributed by atoms with E-state index in [1.807, 2.05) is 4.90 Å². The Morgan fingerprint density at radius 1 is 1.47 bits per heavy atom. The molecule has 0 atom stereocenters. The summed E-state index contributed by atoms with van der Waals surface area (Å²) in [5.74, 6) is -0.578. The highest BCUT2D eigenvalue weighted by molar-refractivity contribution is 7.09. The topological polar surface area (TPSA) is 70.5 Å². The monoisotopic (exact) mass is 254 g/mol. The molecule has 0 spiro atoms. The maximum absolute atomic E-state index is 11.2. The van der Waals surface area contributed by atoms with Crippen LogP contribution in [-0.2, 0) is 4.79 Å². The van der Waals surface area contributed by atoms with Crippen molar-refractivity contribution in [1.82, 2.24) is 9.88 Å². The van der Waals surface area contributed by atoms with Gasteiger partial charge in [-0.2, -0.15) is 0 Å². The molecule has 1 amide bonds. The predicted molar refractivity (Wildman–Crippen MR) is 63.3 cm³/mol. The summed E-state index contributed by atoms with van der Waals surface area (Å²) in [4.78, 5) is 27.8. The Kier molecular flexibility index (Phi) is 3.42. The Morgan fingerprint density at radius 3 is 2.59 bits per heavy atom. The Hall–Kier alpha value is -1.43. The average Bonchev–Trinajstić information content (AvgIpc) is 2.78. The zero-order valence-corrected chi connectivity index (χ0v) is 10.4. The lowest BCUT2D eigenvalue weighted by atomic mass is 9.97. The minimum absolute atomic E-state index is 0.105. The maximum Gasteiger partial charge on any atom is 0.355 e. The van der Waals surface area contributed by atoms with Crippen molar-refractivity contribution in [2.75, 3.05) is 13.1 Å². The van der Waals surface area contributed by atoms with E-state index in [4.69, 9.17) is 5.11 Å². The second-order valence-electron chi connectivity index (χ2n) is 4.16. The number of hydrogen-bond donors (Lipinski definition) is 1. The van der Waals surface area contributed by atoms with E-state index in [9.17, 15) is 9.59 Å². The van der Waals surface area contributed by atoms with Crippen molar-refractivity contribution in [2.45, 2.75) is 25.7 Å². The van der Waals surface area contributed by atoms with E-state index in [1.54, 1.807) is 12.3 Å². The van der Waals surface area contributed by atoms with Crippen LogP contribution < -0.4 is 0 Å². The summed E-state index contributed by atoms with van der Waals surface area (Å²) in [6, 6.07) is 0. The molecule has 0 aromatic carbocycles. The Labute approximate surface area is 103 Å². The molecule has 1 saturated heterocycles. The quantitative estimate of drug-likeness (QED) is 0.869. The molecule has 0 saturated carbocycles. The van der Waals surface area contributed by atoms with E-state index in [-0.39, 0.29) is 11.6 Å². The summed E-state index contributed by atoms with van der Waals surface area (Å²) in [6.07, 6.45) is 1.73. The molecule has 1 fully saturated rings. The molecule has 0 radical (unpaired) electrons. The second-order valence-corrected chi connectivity index (χ2v) is 5.05. The van der Waals surface area contributed by atoms with Gasteiger partial charge >= 0.3 is 5.97 Å². The number of aromatic nitrogens is 1. The van der Waals surface area contributed by atoms with Gasteiger partial charge in [0, 0.05) is 31.3 Å². The van der Waals surface area contributed by atoms with Crippen LogP contribution >= 0.6 is 11.3 Å². The van der Waals surface area contributed by atoms with Crippen LogP contribution in [0.15, 0.2) is 5.38 Å². The Morgan fingerprint density at radius 2 is 2.12 bits per heavy atom. The van der Waals surface area contributed by atoms with Crippen LogP contribution in [0.1, 0.15) is 41.2 Å². The fourth-order valence-corrected chi connectivity index (χ4v) is 2.98. The molecule has 17 heavy (non-hydrogen) atoms. The number of carboxylic acids is 1. The SMILES string of the molecule is CC(=O)N1CCC(c2nc(C(=O)O)cs2)CC1. The Bertz CT molecular complexity index is 436. The van der Waals surface area contributed by atoms with Crippen molar-refractivity contribution in [3.63, 3.8) is 0 Å². The largest absolute Gasteiger partial charge is 0.476 e. The van der Waals surface area contributed by atoms with Gasteiger partial charge in [0.2, 0.25) is 5.91 Å². The maximum atomic E-state index is 11.2. The number of likely N-dealkylation sites (tertiary alicyclic amines) is 1. The predicted octanol–water partition coefficient (Wildman–Crippen LogP) is 1.57. The molecule has 1 aliphatic rings. The lowest BCUT2D eigenvalue weighted by Gasteiger charge is -2.30. The Balaban J connectivity index is 2.00. The number of amides is 1. The first kappa shape index (κ1) is 12.0. The van der Waals surface area contributed by atoms with Gasteiger partial charge < -0.3 is 10.0 Å². The summed E-state index contributed by atoms with van der Waals surface area (Å²) in [5, 5.41) is 11.3. The number of hydrogen-bond acceptors (Lipinski definition) is 4. The molecule has 92 valence electrons. The third-order valence-corrected chi connectivity index (χ3v) is 4.04. The third-order valence-electron chi connectivity index (χ3n) is 3.03. The fraction of sp³-hybridized carbons (Fsp3) is 0.545. The molecule has 0 bridgehead atoms. The first-order chi connectivity index (χ1) is 8.08. The van der Waals surface area contributed by atoms with Crippen LogP contribution in [0.5, 0.6) is 0 Å². The minimum atomic E-state index is -0.978. The van der Waals surface area contributed by atoms with Crippen LogP contribution in [0.2, 0.25) is 0 Å². The summed E-state index contributed by atoms with van der Waals surface area (Å²) in [7, 11) is 0. The number of carboxylic acid groups (broad SMARTS) is 1. The van der Waals surface area contributed by atoms with Crippen molar-refractivity contribution in [3.8, 4) is 0 Å². The number of carbonyl (C=O) groups excluding carboxylic acids is 1. The highest BCUT2D eigenvalue weighted by atomic mass is 32.1. The van der Waals surface area contributed by atoms with E-state index in [2.05, 4.69) is 4.98 Å². The molecule has 5 nitrogen and oxygen atoms in total. The highest BCUT2D eigenvalue weighted by Crippen LogP contribution is 2.30. The van der Waals surface area contributed by atoms with E-state index >= 15 is 0 Å². The molecular weight excluding hydrogens is 240 g/mol. The van der Waals surface area contributed by atoms with Gasteiger partial charge in [-0.1, -0.05) is 0 Å². The van der Waals surface area contributed by atoms with Gasteiger partial charge in [-0.05, 0) is 12.8 Å². The molecule has 2 rings (SSSR count). The summed E-state index contributed by atoms with van der Waals surface area (Å²) >= 11 is 1.40. The van der Waals surface area contributed by atoms with Crippen molar-refractivity contribution in [1.29, 1.82) is 0 Å². The first-order valence-electron chi connectivity index (χ1n) is 5.52. The van der Waals surface area contributed by atoms with Gasteiger partial charge in [0.1, 0.15) is 0 Å². The normalized spacial score (nSPS) is 17.1. The molecule has 1 aromatic heterocycles. The van der Waals surface area contributed by atoms with Crippen LogP contribution in [0.4, 0.5) is 0 Å². The van der Waals surface area contributed by atoms with E-state index in [1.165, 1.54) is 11.3 Å². The van der Waals surface area contributed by atoms with Crippen LogP contribution in [0.25, 0.3) is 0 Å². The van der Waals surface area contributed by atoms with Gasteiger partial charge in [-0.3, -0.25) is 4.79 Å². The molecule has 1 N–H and O–H groups in total. The van der Waals surface area contributed by atoms with Gasteiger partial charge in [0.25, 0.3) is 0 Å². The molecule has 6 heteroatoms. The van der Waals surface area contributed by atoms with E-state index in [0.29, 0.717) is 5.92 Å². The molecule has 2 heterocycles. The van der Waals surface area contributed by atoms with Gasteiger partial charge in [0.15, 0.2) is 5.69 Å². The standard InChI is InChI=1S/C11H14N2O3S/c1-7(14)13-4-2-8(3-5-13)10-12-9(6-17-10)11(15)16/h6,8H,2-5H2,1H3,(H,15,16). The average molecular weight is 254 g/mol. The molecule has 0 unspecified atom stereocenters. The molecule has 0 aliphatic carbocycles. The zero-order chi connectivity index (χ0) is 12.4. The first-order valence-corrected chi connectivity index (χ1v) is 6.40. The third kappa shape index (κ3) is 2.63. The summed E-state index contributed by atoms with van der Waals surface area (Å²) < 4.78 is 0. The minimum Gasteiger partial charge on any atom is -0.476 e. The summed E-state index contributed by atoms with van der Waals surface area (Å²) in [6.45, 7) is 3.05. The highest BCUT2D eigenvalue weighted by Gasteiger charge is 2.24.